The molecule has 6 heteroatoms. The summed E-state index contributed by atoms with van der Waals surface area (Å²) in [4.78, 5) is 23.9. The van der Waals surface area contributed by atoms with Gasteiger partial charge >= 0.3 is 6.03 Å². The summed E-state index contributed by atoms with van der Waals surface area (Å²) in [5, 5.41) is 8.27. The van der Waals surface area contributed by atoms with Gasteiger partial charge in [0.1, 0.15) is 18.4 Å². The minimum Gasteiger partial charge on any atom is -0.489 e. The monoisotopic (exact) mass is 339 g/mol. The normalized spacial score (nSPS) is 16.6. The van der Waals surface area contributed by atoms with Gasteiger partial charge in [0.05, 0.1) is 0 Å². The van der Waals surface area contributed by atoms with Gasteiger partial charge in [0, 0.05) is 17.8 Å². The molecular weight excluding hydrogens is 318 g/mol. The molecule has 0 aromatic heterocycles. The predicted octanol–water partition coefficient (Wildman–Crippen LogP) is 2.67. The van der Waals surface area contributed by atoms with Gasteiger partial charge in [0.2, 0.25) is 5.91 Å². The number of urea groups is 1. The zero-order valence-electron chi connectivity index (χ0n) is 13.8. The average Bonchev–Trinajstić information content (AvgIpc) is 2.64. The van der Waals surface area contributed by atoms with Gasteiger partial charge < -0.3 is 20.7 Å². The molecule has 3 amide bonds. The van der Waals surface area contributed by atoms with Crippen LogP contribution in [0.2, 0.25) is 0 Å². The van der Waals surface area contributed by atoms with Crippen LogP contribution >= 0.6 is 0 Å². The maximum absolute atomic E-state index is 12.2. The van der Waals surface area contributed by atoms with E-state index in [0.29, 0.717) is 25.3 Å². The number of hydrogen-bond acceptors (Lipinski definition) is 3. The van der Waals surface area contributed by atoms with Gasteiger partial charge in [-0.05, 0) is 31.0 Å². The Morgan fingerprint density at radius 3 is 2.68 bits per heavy atom. The number of rotatable bonds is 5. The van der Waals surface area contributed by atoms with E-state index in [4.69, 9.17) is 4.74 Å². The summed E-state index contributed by atoms with van der Waals surface area (Å²) in [6, 6.07) is 16.1. The Morgan fingerprint density at radius 1 is 1.12 bits per heavy atom. The van der Waals surface area contributed by atoms with Gasteiger partial charge in [-0.3, -0.25) is 4.79 Å². The first kappa shape index (κ1) is 16.8. The van der Waals surface area contributed by atoms with Crippen molar-refractivity contribution in [3.8, 4) is 5.75 Å². The fraction of sp³-hybridized carbons (Fsp3) is 0.263. The minimum absolute atomic E-state index is 0.137. The number of piperidine rings is 1. The van der Waals surface area contributed by atoms with Crippen LogP contribution in [0.15, 0.2) is 54.6 Å². The van der Waals surface area contributed by atoms with E-state index in [2.05, 4.69) is 16.0 Å². The molecule has 3 N–H and O–H groups in total. The van der Waals surface area contributed by atoms with Crippen LogP contribution in [0, 0.1) is 0 Å². The first-order valence-electron chi connectivity index (χ1n) is 8.33. The Bertz CT molecular complexity index is 734. The molecule has 2 aromatic carbocycles. The second-order valence-corrected chi connectivity index (χ2v) is 5.84. The molecule has 6 nitrogen and oxygen atoms in total. The van der Waals surface area contributed by atoms with Crippen LogP contribution in [-0.4, -0.2) is 24.5 Å². The Labute approximate surface area is 146 Å². The molecule has 1 fully saturated rings. The lowest BCUT2D eigenvalue weighted by Gasteiger charge is -2.23. The Balaban J connectivity index is 1.60. The molecule has 0 saturated carbocycles. The molecular formula is C19H21N3O3. The zero-order chi connectivity index (χ0) is 17.5. The molecule has 0 radical (unpaired) electrons. The lowest BCUT2D eigenvalue weighted by Crippen LogP contribution is -2.51. The summed E-state index contributed by atoms with van der Waals surface area (Å²) in [5.74, 6) is 0.628. The molecule has 0 aliphatic carbocycles. The van der Waals surface area contributed by atoms with E-state index in [9.17, 15) is 9.59 Å². The molecule has 1 atom stereocenters. The quantitative estimate of drug-likeness (QED) is 0.783. The van der Waals surface area contributed by atoms with Crippen LogP contribution in [0.1, 0.15) is 18.4 Å². The number of para-hydroxylation sites is 2. The molecule has 1 heterocycles. The van der Waals surface area contributed by atoms with Gasteiger partial charge in [0.15, 0.2) is 0 Å². The molecule has 1 aliphatic rings. The van der Waals surface area contributed by atoms with E-state index < -0.39 is 12.1 Å². The average molecular weight is 339 g/mol. The first-order valence-corrected chi connectivity index (χ1v) is 8.33. The van der Waals surface area contributed by atoms with Crippen molar-refractivity contribution in [2.24, 2.45) is 0 Å². The number of carbonyl (C=O) groups is 2. The molecule has 1 aliphatic heterocycles. The number of anilines is 1. The second-order valence-electron chi connectivity index (χ2n) is 5.84. The Hall–Kier alpha value is -3.02. The van der Waals surface area contributed by atoms with E-state index in [1.165, 1.54) is 0 Å². The summed E-state index contributed by atoms with van der Waals surface area (Å²) in [7, 11) is 0. The first-order chi connectivity index (χ1) is 12.2. The molecule has 130 valence electrons. The van der Waals surface area contributed by atoms with E-state index in [1.54, 1.807) is 0 Å². The largest absolute Gasteiger partial charge is 0.489 e. The summed E-state index contributed by atoms with van der Waals surface area (Å²) in [5.41, 5.74) is 1.52. The number of hydrogen-bond donors (Lipinski definition) is 3. The van der Waals surface area contributed by atoms with E-state index in [-0.39, 0.29) is 5.91 Å². The second kappa shape index (κ2) is 8.19. The lowest BCUT2D eigenvalue weighted by atomic mass is 10.1. The number of ether oxygens (including phenoxy) is 1. The minimum atomic E-state index is -0.485. The smallest absolute Gasteiger partial charge is 0.319 e. The maximum atomic E-state index is 12.2. The summed E-state index contributed by atoms with van der Waals surface area (Å²) in [6.07, 6.45) is 1.51. The maximum Gasteiger partial charge on any atom is 0.319 e. The lowest BCUT2D eigenvalue weighted by molar-refractivity contribution is -0.124. The fourth-order valence-electron chi connectivity index (χ4n) is 2.67. The highest BCUT2D eigenvalue weighted by Crippen LogP contribution is 2.18. The van der Waals surface area contributed by atoms with Gasteiger partial charge in [-0.25, -0.2) is 4.79 Å². The van der Waals surface area contributed by atoms with Crippen LogP contribution < -0.4 is 20.7 Å². The van der Waals surface area contributed by atoms with Crippen molar-refractivity contribution in [2.45, 2.75) is 25.5 Å². The fourth-order valence-corrected chi connectivity index (χ4v) is 2.67. The van der Waals surface area contributed by atoms with Crippen LogP contribution in [0.4, 0.5) is 10.5 Å². The van der Waals surface area contributed by atoms with Crippen molar-refractivity contribution in [1.82, 2.24) is 10.6 Å². The van der Waals surface area contributed by atoms with Gasteiger partial charge in [-0.2, -0.15) is 0 Å². The summed E-state index contributed by atoms with van der Waals surface area (Å²) < 4.78 is 5.75. The van der Waals surface area contributed by atoms with Crippen LogP contribution in [-0.2, 0) is 11.4 Å². The Morgan fingerprint density at radius 2 is 1.88 bits per heavy atom. The molecule has 0 spiro atoms. The SMILES string of the molecule is O=C(Nc1ccccc1COc1ccccc1)NC1CCCNC1=O. The van der Waals surface area contributed by atoms with E-state index >= 15 is 0 Å². The van der Waals surface area contributed by atoms with Crippen molar-refractivity contribution in [3.05, 3.63) is 60.2 Å². The number of carbonyl (C=O) groups excluding carboxylic acids is 2. The van der Waals surface area contributed by atoms with Crippen LogP contribution in [0.5, 0.6) is 5.75 Å². The summed E-state index contributed by atoms with van der Waals surface area (Å²) >= 11 is 0. The van der Waals surface area contributed by atoms with Crippen molar-refractivity contribution >= 4 is 17.6 Å². The molecule has 1 unspecified atom stereocenters. The summed E-state index contributed by atoms with van der Waals surface area (Å²) in [6.45, 7) is 1.00. The topological polar surface area (TPSA) is 79.5 Å². The third-order valence-electron chi connectivity index (χ3n) is 3.99. The molecule has 0 bridgehead atoms. The molecule has 1 saturated heterocycles. The number of amides is 3. The van der Waals surface area contributed by atoms with Crippen LogP contribution in [0.3, 0.4) is 0 Å². The molecule has 25 heavy (non-hydrogen) atoms. The zero-order valence-corrected chi connectivity index (χ0v) is 13.8. The highest BCUT2D eigenvalue weighted by molar-refractivity contribution is 5.94. The predicted molar refractivity (Wildman–Crippen MR) is 95.4 cm³/mol. The number of benzene rings is 2. The van der Waals surface area contributed by atoms with Crippen molar-refractivity contribution in [2.75, 3.05) is 11.9 Å². The third-order valence-corrected chi connectivity index (χ3v) is 3.99. The van der Waals surface area contributed by atoms with Gasteiger partial charge in [-0.15, -0.1) is 0 Å². The van der Waals surface area contributed by atoms with E-state index in [1.807, 2.05) is 54.6 Å². The number of nitrogens with one attached hydrogen (secondary N) is 3. The van der Waals surface area contributed by atoms with Gasteiger partial charge in [-0.1, -0.05) is 36.4 Å². The van der Waals surface area contributed by atoms with Crippen molar-refractivity contribution in [3.63, 3.8) is 0 Å². The van der Waals surface area contributed by atoms with E-state index in [0.717, 1.165) is 17.7 Å². The molecule has 3 rings (SSSR count). The Kier molecular flexibility index (Phi) is 5.51. The van der Waals surface area contributed by atoms with Crippen molar-refractivity contribution in [1.29, 1.82) is 0 Å². The highest BCUT2D eigenvalue weighted by Gasteiger charge is 2.23. The molecule has 2 aromatic rings. The van der Waals surface area contributed by atoms with Crippen molar-refractivity contribution < 1.29 is 14.3 Å². The van der Waals surface area contributed by atoms with Gasteiger partial charge in [0.25, 0.3) is 0 Å². The third kappa shape index (κ3) is 4.73. The van der Waals surface area contributed by atoms with Crippen LogP contribution in [0.25, 0.3) is 0 Å². The standard InChI is InChI=1S/C19H21N3O3/c23-18-17(11-6-12-20-18)22-19(24)21-16-10-5-4-7-14(16)13-25-15-8-2-1-3-9-15/h1-5,7-10,17H,6,11-13H2,(H,20,23)(H2,21,22,24). The highest BCUT2D eigenvalue weighted by atomic mass is 16.5.